The van der Waals surface area contributed by atoms with E-state index < -0.39 is 0 Å². The molecule has 1 amide bonds. The quantitative estimate of drug-likeness (QED) is 0.714. The minimum absolute atomic E-state index is 0.0695. The van der Waals surface area contributed by atoms with Crippen LogP contribution in [-0.2, 0) is 4.79 Å². The molecule has 0 saturated heterocycles. The molecule has 0 fully saturated rings. The fourth-order valence-corrected chi connectivity index (χ4v) is 2.44. The summed E-state index contributed by atoms with van der Waals surface area (Å²) in [5, 5.41) is 6.07. The number of carbonyl (C=O) groups is 1. The number of hydrogen-bond acceptors (Lipinski definition) is 3. The Bertz CT molecular complexity index is 836. The number of H-pyrrole nitrogens is 1. The van der Waals surface area contributed by atoms with Crippen LogP contribution in [0.1, 0.15) is 13.3 Å². The zero-order valence-electron chi connectivity index (χ0n) is 10.4. The molecule has 5 heteroatoms. The average Bonchev–Trinajstić information content (AvgIpc) is 2.38. The van der Waals surface area contributed by atoms with E-state index in [1.54, 1.807) is 12.4 Å². The summed E-state index contributed by atoms with van der Waals surface area (Å²) in [6, 6.07) is 1.77. The first kappa shape index (κ1) is 11.6. The third-order valence-electron chi connectivity index (χ3n) is 3.23. The Morgan fingerprint density at radius 2 is 2.32 bits per heavy atom. The van der Waals surface area contributed by atoms with Crippen LogP contribution in [-0.4, -0.2) is 21.9 Å². The molecule has 2 heterocycles. The molecule has 5 nitrogen and oxygen atoms in total. The first-order valence-corrected chi connectivity index (χ1v) is 6.10. The SMILES string of the molecule is CC(=O)NC1C=c2[nH]c(=O)c3cnccc3c2=CC1. The predicted molar refractivity (Wildman–Crippen MR) is 72.8 cm³/mol. The molecule has 3 rings (SSSR count). The van der Waals surface area contributed by atoms with Crippen LogP contribution < -0.4 is 21.4 Å². The topological polar surface area (TPSA) is 74.8 Å². The molecule has 2 aromatic rings. The average molecular weight is 255 g/mol. The van der Waals surface area contributed by atoms with Crippen molar-refractivity contribution < 1.29 is 4.79 Å². The van der Waals surface area contributed by atoms with Crippen molar-refractivity contribution in [3.8, 4) is 0 Å². The highest BCUT2D eigenvalue weighted by Gasteiger charge is 2.11. The highest BCUT2D eigenvalue weighted by Crippen LogP contribution is 2.03. The summed E-state index contributed by atoms with van der Waals surface area (Å²) < 4.78 is 0. The standard InChI is InChI=1S/C14H13N3O2/c1-8(18)16-9-2-3-11-10-4-5-15-7-12(10)14(19)17-13(11)6-9/h3-7,9H,2H2,1H3,(H,16,18)(H,17,19). The van der Waals surface area contributed by atoms with Gasteiger partial charge in [-0.2, -0.15) is 0 Å². The van der Waals surface area contributed by atoms with Gasteiger partial charge >= 0.3 is 0 Å². The molecule has 0 radical (unpaired) electrons. The lowest BCUT2D eigenvalue weighted by Gasteiger charge is -2.15. The third kappa shape index (κ3) is 2.03. The van der Waals surface area contributed by atoms with Crippen LogP contribution in [0.4, 0.5) is 0 Å². The van der Waals surface area contributed by atoms with Gasteiger partial charge in [-0.15, -0.1) is 0 Å². The van der Waals surface area contributed by atoms with Gasteiger partial charge in [0.15, 0.2) is 0 Å². The van der Waals surface area contributed by atoms with Gasteiger partial charge in [0.1, 0.15) is 0 Å². The fraction of sp³-hybridized carbons (Fsp3) is 0.214. The Hall–Kier alpha value is -2.43. The second kappa shape index (κ2) is 4.35. The summed E-state index contributed by atoms with van der Waals surface area (Å²) in [5.74, 6) is -0.0783. The van der Waals surface area contributed by atoms with E-state index in [1.165, 1.54) is 6.92 Å². The Labute approximate surface area is 108 Å². The lowest BCUT2D eigenvalue weighted by molar-refractivity contribution is -0.119. The monoisotopic (exact) mass is 255 g/mol. The molecular formula is C14H13N3O2. The number of aromatic amines is 1. The zero-order chi connectivity index (χ0) is 13.4. The van der Waals surface area contributed by atoms with Crippen LogP contribution >= 0.6 is 0 Å². The summed E-state index contributed by atoms with van der Waals surface area (Å²) in [4.78, 5) is 29.9. The molecule has 1 atom stereocenters. The summed E-state index contributed by atoms with van der Waals surface area (Å²) in [6.07, 6.45) is 7.89. The summed E-state index contributed by atoms with van der Waals surface area (Å²) in [5.41, 5.74) is -0.157. The number of fused-ring (bicyclic) bond motifs is 3. The van der Waals surface area contributed by atoms with Gasteiger partial charge in [-0.25, -0.2) is 0 Å². The van der Waals surface area contributed by atoms with Crippen molar-refractivity contribution in [1.82, 2.24) is 15.3 Å². The van der Waals surface area contributed by atoms with Gasteiger partial charge in [0.2, 0.25) is 5.91 Å². The number of nitrogens with one attached hydrogen (secondary N) is 2. The normalized spacial score (nSPS) is 17.2. The lowest BCUT2D eigenvalue weighted by atomic mass is 10.0. The molecule has 1 aliphatic rings. The molecule has 2 N–H and O–H groups in total. The van der Waals surface area contributed by atoms with Gasteiger partial charge in [0.25, 0.3) is 5.56 Å². The number of nitrogens with zero attached hydrogens (tertiary/aromatic N) is 1. The molecule has 1 unspecified atom stereocenters. The number of carbonyl (C=O) groups excluding carboxylic acids is 1. The number of amides is 1. The summed E-state index contributed by atoms with van der Waals surface area (Å²) in [7, 11) is 0. The molecule has 0 aliphatic heterocycles. The van der Waals surface area contributed by atoms with Gasteiger partial charge in [0.05, 0.1) is 11.4 Å². The second-order valence-corrected chi connectivity index (χ2v) is 4.62. The minimum Gasteiger partial charge on any atom is -0.350 e. The van der Waals surface area contributed by atoms with Crippen LogP contribution in [0.25, 0.3) is 22.9 Å². The maximum atomic E-state index is 12.0. The lowest BCUT2D eigenvalue weighted by Crippen LogP contribution is -2.43. The van der Waals surface area contributed by atoms with Crippen molar-refractivity contribution in [3.05, 3.63) is 39.4 Å². The van der Waals surface area contributed by atoms with Gasteiger partial charge in [-0.3, -0.25) is 14.6 Å². The number of pyridine rings is 2. The number of rotatable bonds is 1. The van der Waals surface area contributed by atoms with Gasteiger partial charge in [0, 0.05) is 29.9 Å². The Morgan fingerprint density at radius 1 is 1.47 bits per heavy atom. The number of aromatic nitrogens is 2. The van der Waals surface area contributed by atoms with Crippen molar-refractivity contribution in [2.45, 2.75) is 19.4 Å². The Kier molecular flexibility index (Phi) is 2.67. The minimum atomic E-state index is -0.157. The Balaban J connectivity index is 2.27. The van der Waals surface area contributed by atoms with Crippen molar-refractivity contribution in [2.24, 2.45) is 0 Å². The first-order chi connectivity index (χ1) is 9.15. The van der Waals surface area contributed by atoms with E-state index in [-0.39, 0.29) is 17.5 Å². The highest BCUT2D eigenvalue weighted by atomic mass is 16.1. The second-order valence-electron chi connectivity index (χ2n) is 4.62. The molecule has 0 bridgehead atoms. The maximum absolute atomic E-state index is 12.0. The molecule has 96 valence electrons. The predicted octanol–water partition coefficient (Wildman–Crippen LogP) is -0.607. The van der Waals surface area contributed by atoms with Crippen LogP contribution in [0.2, 0.25) is 0 Å². The number of hydrogen-bond donors (Lipinski definition) is 2. The molecule has 19 heavy (non-hydrogen) atoms. The summed E-state index contributed by atoms with van der Waals surface area (Å²) in [6.45, 7) is 1.48. The fourth-order valence-electron chi connectivity index (χ4n) is 2.44. The van der Waals surface area contributed by atoms with Crippen molar-refractivity contribution >= 4 is 28.8 Å². The molecule has 1 aliphatic carbocycles. The van der Waals surface area contributed by atoms with Crippen molar-refractivity contribution in [3.63, 3.8) is 0 Å². The highest BCUT2D eigenvalue weighted by molar-refractivity contribution is 5.82. The van der Waals surface area contributed by atoms with Crippen LogP contribution in [0.5, 0.6) is 0 Å². The van der Waals surface area contributed by atoms with E-state index in [9.17, 15) is 9.59 Å². The van der Waals surface area contributed by atoms with Crippen LogP contribution in [0.3, 0.4) is 0 Å². The Morgan fingerprint density at radius 3 is 3.11 bits per heavy atom. The van der Waals surface area contributed by atoms with Crippen molar-refractivity contribution in [1.29, 1.82) is 0 Å². The third-order valence-corrected chi connectivity index (χ3v) is 3.23. The van der Waals surface area contributed by atoms with E-state index in [2.05, 4.69) is 15.3 Å². The molecule has 0 saturated carbocycles. The van der Waals surface area contributed by atoms with Crippen LogP contribution in [0, 0.1) is 0 Å². The van der Waals surface area contributed by atoms with E-state index in [1.807, 2.05) is 18.2 Å². The largest absolute Gasteiger partial charge is 0.350 e. The zero-order valence-corrected chi connectivity index (χ0v) is 10.4. The maximum Gasteiger partial charge on any atom is 0.257 e. The van der Waals surface area contributed by atoms with Gasteiger partial charge < -0.3 is 10.3 Å². The molecule has 0 aromatic carbocycles. The smallest absolute Gasteiger partial charge is 0.257 e. The van der Waals surface area contributed by atoms with E-state index in [0.29, 0.717) is 5.39 Å². The van der Waals surface area contributed by atoms with Crippen molar-refractivity contribution in [2.75, 3.05) is 0 Å². The molecule has 2 aromatic heterocycles. The van der Waals surface area contributed by atoms with Gasteiger partial charge in [-0.1, -0.05) is 6.08 Å². The van der Waals surface area contributed by atoms with E-state index in [0.717, 1.165) is 22.4 Å². The molecule has 0 spiro atoms. The van der Waals surface area contributed by atoms with Gasteiger partial charge in [-0.05, 0) is 23.9 Å². The molecular weight excluding hydrogens is 242 g/mol. The van der Waals surface area contributed by atoms with Crippen LogP contribution in [0.15, 0.2) is 23.3 Å². The summed E-state index contributed by atoms with van der Waals surface area (Å²) >= 11 is 0. The first-order valence-electron chi connectivity index (χ1n) is 6.10. The van der Waals surface area contributed by atoms with E-state index in [4.69, 9.17) is 0 Å². The van der Waals surface area contributed by atoms with E-state index >= 15 is 0 Å².